The van der Waals surface area contributed by atoms with E-state index in [4.69, 9.17) is 0 Å². The third-order valence-corrected chi connectivity index (χ3v) is 7.17. The molecular formula is C23H35N3O. The Bertz CT molecular complexity index is 618. The fourth-order valence-electron chi connectivity index (χ4n) is 5.52. The summed E-state index contributed by atoms with van der Waals surface area (Å²) in [4.78, 5) is 19.8. The van der Waals surface area contributed by atoms with Crippen LogP contribution in [-0.4, -0.2) is 73.0 Å². The molecule has 3 saturated heterocycles. The highest BCUT2D eigenvalue weighted by atomic mass is 16.2. The first kappa shape index (κ1) is 18.9. The average Bonchev–Trinajstić information content (AvgIpc) is 3.22. The molecular weight excluding hydrogens is 334 g/mol. The predicted molar refractivity (Wildman–Crippen MR) is 110 cm³/mol. The number of benzene rings is 1. The van der Waals surface area contributed by atoms with Gasteiger partial charge in [-0.3, -0.25) is 9.69 Å². The Morgan fingerprint density at radius 1 is 1.04 bits per heavy atom. The first-order valence-corrected chi connectivity index (χ1v) is 10.9. The summed E-state index contributed by atoms with van der Waals surface area (Å²) in [5.41, 5.74) is 1.88. The number of carbonyl (C=O) groups excluding carboxylic acids is 1. The van der Waals surface area contributed by atoms with E-state index in [1.807, 2.05) is 0 Å². The van der Waals surface area contributed by atoms with Crippen LogP contribution in [0.4, 0.5) is 0 Å². The predicted octanol–water partition coefficient (Wildman–Crippen LogP) is 3.20. The van der Waals surface area contributed by atoms with E-state index in [2.05, 4.69) is 52.0 Å². The first-order chi connectivity index (χ1) is 13.2. The van der Waals surface area contributed by atoms with Crippen LogP contribution in [0.5, 0.6) is 0 Å². The Kier molecular flexibility index (Phi) is 5.84. The number of nitrogens with zero attached hydrogens (tertiary/aromatic N) is 3. The molecule has 3 aliphatic heterocycles. The molecule has 148 valence electrons. The monoisotopic (exact) mass is 369 g/mol. The van der Waals surface area contributed by atoms with Crippen molar-refractivity contribution in [1.82, 2.24) is 14.7 Å². The number of carbonyl (C=O) groups is 1. The smallest absolute Gasteiger partial charge is 0.236 e. The summed E-state index contributed by atoms with van der Waals surface area (Å²) in [7, 11) is 0. The summed E-state index contributed by atoms with van der Waals surface area (Å²) in [6.45, 7) is 10.6. The van der Waals surface area contributed by atoms with Gasteiger partial charge >= 0.3 is 0 Å². The van der Waals surface area contributed by atoms with E-state index in [0.29, 0.717) is 23.8 Å². The molecule has 1 amide bonds. The van der Waals surface area contributed by atoms with E-state index in [1.165, 1.54) is 50.8 Å². The zero-order valence-corrected chi connectivity index (χ0v) is 16.9. The van der Waals surface area contributed by atoms with Gasteiger partial charge in [-0.2, -0.15) is 0 Å². The molecule has 1 aromatic carbocycles. The van der Waals surface area contributed by atoms with Crippen molar-refractivity contribution in [3.8, 4) is 0 Å². The Hall–Kier alpha value is -1.39. The van der Waals surface area contributed by atoms with Crippen molar-refractivity contribution in [2.75, 3.05) is 52.4 Å². The lowest BCUT2D eigenvalue weighted by Gasteiger charge is -2.50. The van der Waals surface area contributed by atoms with E-state index in [0.717, 1.165) is 32.7 Å². The minimum absolute atomic E-state index is 0.356. The minimum atomic E-state index is 0.356. The second-order valence-corrected chi connectivity index (χ2v) is 9.00. The van der Waals surface area contributed by atoms with Crippen molar-refractivity contribution in [3.63, 3.8) is 0 Å². The molecule has 0 bridgehead atoms. The quantitative estimate of drug-likeness (QED) is 0.815. The highest BCUT2D eigenvalue weighted by molar-refractivity contribution is 5.78. The number of likely N-dealkylation sites (N-methyl/N-ethyl adjacent to an activating group) is 1. The van der Waals surface area contributed by atoms with Crippen molar-refractivity contribution in [2.45, 2.75) is 44.9 Å². The first-order valence-electron chi connectivity index (χ1n) is 10.9. The van der Waals surface area contributed by atoms with Gasteiger partial charge in [0, 0.05) is 26.2 Å². The summed E-state index contributed by atoms with van der Waals surface area (Å²) in [5.74, 6) is 0.987. The van der Waals surface area contributed by atoms with Crippen LogP contribution >= 0.6 is 0 Å². The van der Waals surface area contributed by atoms with Crippen LogP contribution in [0, 0.1) is 5.41 Å². The normalized spacial score (nSPS) is 26.6. The van der Waals surface area contributed by atoms with Gasteiger partial charge in [0.05, 0.1) is 6.54 Å². The Balaban J connectivity index is 1.38. The fraction of sp³-hybridized carbons (Fsp3) is 0.696. The summed E-state index contributed by atoms with van der Waals surface area (Å²) >= 11 is 0. The Morgan fingerprint density at radius 2 is 1.74 bits per heavy atom. The zero-order chi connectivity index (χ0) is 18.7. The molecule has 0 aromatic heterocycles. The Labute approximate surface area is 164 Å². The third kappa shape index (κ3) is 4.38. The molecule has 1 spiro atoms. The zero-order valence-electron chi connectivity index (χ0n) is 16.9. The van der Waals surface area contributed by atoms with Crippen molar-refractivity contribution >= 4 is 5.91 Å². The lowest BCUT2D eigenvalue weighted by molar-refractivity contribution is -0.135. The highest BCUT2D eigenvalue weighted by Gasteiger charge is 2.42. The van der Waals surface area contributed by atoms with Gasteiger partial charge in [-0.15, -0.1) is 0 Å². The summed E-state index contributed by atoms with van der Waals surface area (Å²) in [5, 5.41) is 0. The maximum atomic E-state index is 12.7. The van der Waals surface area contributed by atoms with Gasteiger partial charge in [0.1, 0.15) is 0 Å². The molecule has 3 heterocycles. The van der Waals surface area contributed by atoms with Gasteiger partial charge in [0.15, 0.2) is 0 Å². The van der Waals surface area contributed by atoms with Crippen LogP contribution < -0.4 is 0 Å². The van der Waals surface area contributed by atoms with Gasteiger partial charge in [0.2, 0.25) is 5.91 Å². The van der Waals surface area contributed by atoms with Crippen LogP contribution in [0.15, 0.2) is 30.3 Å². The fourth-order valence-corrected chi connectivity index (χ4v) is 5.52. The number of piperidine rings is 2. The van der Waals surface area contributed by atoms with Crippen molar-refractivity contribution < 1.29 is 4.79 Å². The molecule has 1 aromatic rings. The topological polar surface area (TPSA) is 26.8 Å². The molecule has 3 fully saturated rings. The number of hydrogen-bond donors (Lipinski definition) is 0. The molecule has 4 rings (SSSR count). The number of likely N-dealkylation sites (tertiary alicyclic amines) is 3. The minimum Gasteiger partial charge on any atom is -0.342 e. The highest BCUT2D eigenvalue weighted by Crippen LogP contribution is 2.45. The summed E-state index contributed by atoms with van der Waals surface area (Å²) in [6, 6.07) is 11.1. The summed E-state index contributed by atoms with van der Waals surface area (Å²) in [6.07, 6.45) is 6.12. The van der Waals surface area contributed by atoms with E-state index in [-0.39, 0.29) is 0 Å². The number of hydrogen-bond acceptors (Lipinski definition) is 3. The van der Waals surface area contributed by atoms with Crippen LogP contribution in [0.2, 0.25) is 0 Å². The lowest BCUT2D eigenvalue weighted by Crippen LogP contribution is -2.53. The van der Waals surface area contributed by atoms with Gasteiger partial charge in [-0.1, -0.05) is 37.3 Å². The van der Waals surface area contributed by atoms with Gasteiger partial charge < -0.3 is 9.80 Å². The second-order valence-electron chi connectivity index (χ2n) is 9.00. The summed E-state index contributed by atoms with van der Waals surface area (Å²) < 4.78 is 0. The molecule has 0 unspecified atom stereocenters. The standard InChI is InChI=1S/C23H35N3O/c1-2-24-17-21(20-8-4-3-5-9-20)16-23(19-24)10-14-26(15-11-23)22(27)18-25-12-6-7-13-25/h3-5,8-9,21H,2,6-7,10-19H2,1H3/t21-/m1/s1. The van der Waals surface area contributed by atoms with Gasteiger partial charge in [0.25, 0.3) is 0 Å². The van der Waals surface area contributed by atoms with E-state index in [1.54, 1.807) is 0 Å². The lowest BCUT2D eigenvalue weighted by atomic mass is 9.68. The molecule has 4 nitrogen and oxygen atoms in total. The van der Waals surface area contributed by atoms with Crippen LogP contribution in [-0.2, 0) is 4.79 Å². The molecule has 0 N–H and O–H groups in total. The second kappa shape index (κ2) is 8.32. The van der Waals surface area contributed by atoms with Crippen LogP contribution in [0.1, 0.15) is 50.5 Å². The SMILES string of the molecule is CCN1C[C@H](c2ccccc2)CC2(CCN(C(=O)CN3CCCC3)CC2)C1. The Morgan fingerprint density at radius 3 is 2.41 bits per heavy atom. The number of rotatable bonds is 4. The largest absolute Gasteiger partial charge is 0.342 e. The third-order valence-electron chi connectivity index (χ3n) is 7.17. The van der Waals surface area contributed by atoms with Crippen LogP contribution in [0.3, 0.4) is 0 Å². The maximum Gasteiger partial charge on any atom is 0.236 e. The molecule has 0 saturated carbocycles. The molecule has 0 aliphatic carbocycles. The van der Waals surface area contributed by atoms with Crippen molar-refractivity contribution in [2.24, 2.45) is 5.41 Å². The maximum absolute atomic E-state index is 12.7. The number of amides is 1. The van der Waals surface area contributed by atoms with E-state index < -0.39 is 0 Å². The van der Waals surface area contributed by atoms with Gasteiger partial charge in [-0.25, -0.2) is 0 Å². The molecule has 4 heteroatoms. The molecule has 0 radical (unpaired) electrons. The van der Waals surface area contributed by atoms with Crippen molar-refractivity contribution in [3.05, 3.63) is 35.9 Å². The molecule has 1 atom stereocenters. The molecule has 27 heavy (non-hydrogen) atoms. The van der Waals surface area contributed by atoms with E-state index >= 15 is 0 Å². The van der Waals surface area contributed by atoms with Gasteiger partial charge in [-0.05, 0) is 68.6 Å². The van der Waals surface area contributed by atoms with Crippen LogP contribution in [0.25, 0.3) is 0 Å². The van der Waals surface area contributed by atoms with E-state index in [9.17, 15) is 4.79 Å². The molecule has 3 aliphatic rings. The average molecular weight is 370 g/mol. The van der Waals surface area contributed by atoms with Crippen molar-refractivity contribution in [1.29, 1.82) is 0 Å².